The zero-order chi connectivity index (χ0) is 18.2. The Labute approximate surface area is 149 Å². The number of carbonyl (C=O) groups excluding carboxylic acids is 1. The van der Waals surface area contributed by atoms with Crippen LogP contribution in [0.15, 0.2) is 34.9 Å². The van der Waals surface area contributed by atoms with Crippen molar-refractivity contribution in [3.05, 3.63) is 34.9 Å². The third-order valence-corrected chi connectivity index (χ3v) is 5.84. The molecule has 0 bridgehead atoms. The molecule has 5 heteroatoms. The summed E-state index contributed by atoms with van der Waals surface area (Å²) >= 11 is 0. The van der Waals surface area contributed by atoms with Gasteiger partial charge in [0.15, 0.2) is 0 Å². The van der Waals surface area contributed by atoms with Crippen molar-refractivity contribution in [1.29, 1.82) is 0 Å². The maximum Gasteiger partial charge on any atom is 0.334 e. The van der Waals surface area contributed by atoms with Crippen molar-refractivity contribution in [2.24, 2.45) is 0 Å². The predicted molar refractivity (Wildman–Crippen MR) is 94.0 cm³/mol. The first-order chi connectivity index (χ1) is 11.8. The standard InChI is InChI=1S/C20H28O5/c1-12-5-8-18-20(4,24-18)10-9-16(25-22)13(2)6-7-15-14(3)19(21)23-17(15)11-12/h11,16-18,22H,2,5-10H2,1,3-4H3/b12-11+/t16-,17+,18+,20+/m0/s1. The molecule has 3 aliphatic rings. The summed E-state index contributed by atoms with van der Waals surface area (Å²) in [5.74, 6) is -0.243. The maximum absolute atomic E-state index is 12.0. The van der Waals surface area contributed by atoms with E-state index < -0.39 is 6.10 Å². The maximum atomic E-state index is 12.0. The second-order valence-electron chi connectivity index (χ2n) is 7.74. The molecule has 5 nitrogen and oxygen atoms in total. The van der Waals surface area contributed by atoms with Gasteiger partial charge >= 0.3 is 5.97 Å². The Bertz CT molecular complexity index is 632. The Kier molecular flexibility index (Phi) is 5.19. The van der Waals surface area contributed by atoms with E-state index in [4.69, 9.17) is 9.47 Å². The summed E-state index contributed by atoms with van der Waals surface area (Å²) in [4.78, 5) is 16.6. The third-order valence-electron chi connectivity index (χ3n) is 5.84. The largest absolute Gasteiger partial charge is 0.450 e. The fourth-order valence-electron chi connectivity index (χ4n) is 3.86. The molecule has 25 heavy (non-hydrogen) atoms. The molecule has 2 heterocycles. The minimum atomic E-state index is -0.403. The minimum absolute atomic E-state index is 0.136. The SMILES string of the molecule is C=C1CCC2=C(C)C(=O)O[C@@H]2/C=C(\C)CC[C@H]2O[C@]2(C)CC[C@@H]1OO. The predicted octanol–water partition coefficient (Wildman–Crippen LogP) is 4.10. The van der Waals surface area contributed by atoms with Gasteiger partial charge in [-0.3, -0.25) is 5.26 Å². The molecule has 1 N–H and O–H groups in total. The summed E-state index contributed by atoms with van der Waals surface area (Å²) in [6.45, 7) is 10.1. The van der Waals surface area contributed by atoms with Gasteiger partial charge in [0.05, 0.1) is 11.7 Å². The number of hydrogen-bond donors (Lipinski definition) is 1. The molecule has 1 saturated heterocycles. The Hall–Kier alpha value is -1.43. The van der Waals surface area contributed by atoms with Crippen molar-refractivity contribution in [2.45, 2.75) is 83.2 Å². The van der Waals surface area contributed by atoms with Crippen molar-refractivity contribution < 1.29 is 24.4 Å². The highest BCUT2D eigenvalue weighted by molar-refractivity contribution is 5.92. The first-order valence-corrected chi connectivity index (χ1v) is 9.07. The van der Waals surface area contributed by atoms with E-state index in [-0.39, 0.29) is 23.8 Å². The highest BCUT2D eigenvalue weighted by Crippen LogP contribution is 2.44. The highest BCUT2D eigenvalue weighted by atomic mass is 17.1. The van der Waals surface area contributed by atoms with Crippen LogP contribution < -0.4 is 0 Å². The lowest BCUT2D eigenvalue weighted by molar-refractivity contribution is -0.270. The van der Waals surface area contributed by atoms with Gasteiger partial charge in [-0.25, -0.2) is 9.68 Å². The topological polar surface area (TPSA) is 68.3 Å². The third kappa shape index (κ3) is 3.89. The van der Waals surface area contributed by atoms with E-state index in [1.807, 2.05) is 6.92 Å². The molecule has 0 aromatic carbocycles. The Morgan fingerprint density at radius 1 is 1.28 bits per heavy atom. The monoisotopic (exact) mass is 348 g/mol. The first-order valence-electron chi connectivity index (χ1n) is 9.07. The average Bonchev–Trinajstić information content (AvgIpc) is 3.14. The molecule has 0 aromatic rings. The van der Waals surface area contributed by atoms with Crippen molar-refractivity contribution in [1.82, 2.24) is 0 Å². The van der Waals surface area contributed by atoms with Gasteiger partial charge < -0.3 is 9.47 Å². The lowest BCUT2D eigenvalue weighted by Gasteiger charge is -2.19. The molecular weight excluding hydrogens is 320 g/mol. The smallest absolute Gasteiger partial charge is 0.334 e. The lowest BCUT2D eigenvalue weighted by atomic mass is 9.90. The fraction of sp³-hybridized carbons (Fsp3) is 0.650. The molecule has 0 unspecified atom stereocenters. The quantitative estimate of drug-likeness (QED) is 0.254. The van der Waals surface area contributed by atoms with Gasteiger partial charge in [0.1, 0.15) is 12.2 Å². The summed E-state index contributed by atoms with van der Waals surface area (Å²) in [5.41, 5.74) is 3.61. The fourth-order valence-corrected chi connectivity index (χ4v) is 3.86. The highest BCUT2D eigenvalue weighted by Gasteiger charge is 2.51. The van der Waals surface area contributed by atoms with Crippen LogP contribution in [0.3, 0.4) is 0 Å². The van der Waals surface area contributed by atoms with Gasteiger partial charge in [0.25, 0.3) is 0 Å². The van der Waals surface area contributed by atoms with Gasteiger partial charge in [-0.15, -0.1) is 0 Å². The van der Waals surface area contributed by atoms with Gasteiger partial charge in [0.2, 0.25) is 0 Å². The van der Waals surface area contributed by atoms with E-state index in [2.05, 4.69) is 31.4 Å². The molecule has 1 aliphatic carbocycles. The van der Waals surface area contributed by atoms with Crippen LogP contribution in [-0.2, 0) is 19.2 Å². The number of allylic oxidation sites excluding steroid dienone is 1. The number of epoxide rings is 1. The molecule has 0 spiro atoms. The van der Waals surface area contributed by atoms with Crippen LogP contribution in [0.4, 0.5) is 0 Å². The second kappa shape index (κ2) is 7.06. The van der Waals surface area contributed by atoms with E-state index in [1.165, 1.54) is 5.57 Å². The van der Waals surface area contributed by atoms with Crippen LogP contribution in [0.2, 0.25) is 0 Å². The van der Waals surface area contributed by atoms with E-state index in [0.717, 1.165) is 30.4 Å². The van der Waals surface area contributed by atoms with Crippen LogP contribution >= 0.6 is 0 Å². The van der Waals surface area contributed by atoms with Crippen LogP contribution in [0, 0.1) is 0 Å². The number of ether oxygens (including phenoxy) is 2. The van der Waals surface area contributed by atoms with Crippen LogP contribution in [0.5, 0.6) is 0 Å². The van der Waals surface area contributed by atoms with E-state index in [1.54, 1.807) is 0 Å². The van der Waals surface area contributed by atoms with Crippen LogP contribution in [-0.4, -0.2) is 35.1 Å². The molecule has 2 aliphatic heterocycles. The molecule has 0 aromatic heterocycles. The Balaban J connectivity index is 1.82. The number of carbonyl (C=O) groups is 1. The van der Waals surface area contributed by atoms with Crippen LogP contribution in [0.25, 0.3) is 0 Å². The molecular formula is C20H28O5. The van der Waals surface area contributed by atoms with Crippen molar-refractivity contribution in [3.63, 3.8) is 0 Å². The second-order valence-corrected chi connectivity index (χ2v) is 7.74. The van der Waals surface area contributed by atoms with E-state index in [9.17, 15) is 10.1 Å². The zero-order valence-electron chi connectivity index (χ0n) is 15.3. The minimum Gasteiger partial charge on any atom is -0.450 e. The molecule has 4 atom stereocenters. The normalized spacial score (nSPS) is 39.0. The molecule has 3 rings (SSSR count). The zero-order valence-corrected chi connectivity index (χ0v) is 15.3. The number of hydrogen-bond acceptors (Lipinski definition) is 5. The van der Waals surface area contributed by atoms with Gasteiger partial charge in [-0.05, 0) is 76.5 Å². The van der Waals surface area contributed by atoms with Gasteiger partial charge in [-0.1, -0.05) is 12.2 Å². The molecule has 138 valence electrons. The first kappa shape index (κ1) is 18.4. The Morgan fingerprint density at radius 3 is 2.76 bits per heavy atom. The number of fused-ring (bicyclic) bond motifs is 2. The summed E-state index contributed by atoms with van der Waals surface area (Å²) in [6, 6.07) is 0. The van der Waals surface area contributed by atoms with Crippen molar-refractivity contribution in [3.8, 4) is 0 Å². The summed E-state index contributed by atoms with van der Waals surface area (Å²) in [7, 11) is 0. The average molecular weight is 348 g/mol. The van der Waals surface area contributed by atoms with Gasteiger partial charge in [0, 0.05) is 5.57 Å². The summed E-state index contributed by atoms with van der Waals surface area (Å²) in [5, 5.41) is 9.26. The molecule has 0 amide bonds. The molecule has 0 radical (unpaired) electrons. The van der Waals surface area contributed by atoms with Crippen molar-refractivity contribution in [2.75, 3.05) is 0 Å². The lowest BCUT2D eigenvalue weighted by Crippen LogP contribution is -2.20. The molecule has 1 fully saturated rings. The Morgan fingerprint density at radius 2 is 2.04 bits per heavy atom. The van der Waals surface area contributed by atoms with E-state index >= 15 is 0 Å². The summed E-state index contributed by atoms with van der Waals surface area (Å²) < 4.78 is 11.4. The summed E-state index contributed by atoms with van der Waals surface area (Å²) in [6.07, 6.45) is 6.30. The van der Waals surface area contributed by atoms with Crippen LogP contribution in [0.1, 0.15) is 59.3 Å². The van der Waals surface area contributed by atoms with Gasteiger partial charge in [-0.2, -0.15) is 0 Å². The number of esters is 1. The number of rotatable bonds is 1. The van der Waals surface area contributed by atoms with E-state index in [0.29, 0.717) is 24.8 Å². The molecule has 0 saturated carbocycles. The van der Waals surface area contributed by atoms with Crippen molar-refractivity contribution >= 4 is 5.97 Å².